The minimum absolute atomic E-state index is 0.0456. The van der Waals surface area contributed by atoms with E-state index in [1.54, 1.807) is 4.90 Å². The Morgan fingerprint density at radius 2 is 1.66 bits per heavy atom. The van der Waals surface area contributed by atoms with Gasteiger partial charge in [-0.25, -0.2) is 8.78 Å². The zero-order valence-corrected chi connectivity index (χ0v) is 15.3. The fourth-order valence-electron chi connectivity index (χ4n) is 4.92. The maximum atomic E-state index is 15.5. The summed E-state index contributed by atoms with van der Waals surface area (Å²) in [5.74, 6) is -5.15. The molecule has 2 N–H and O–H groups in total. The number of carbonyl (C=O) groups excluding carboxylic acids is 4. The minimum Gasteiger partial charge on any atom is -0.358 e. The van der Waals surface area contributed by atoms with Gasteiger partial charge in [0.2, 0.25) is 11.8 Å². The summed E-state index contributed by atoms with van der Waals surface area (Å²) in [5.41, 5.74) is -1.18. The molecule has 0 radical (unpaired) electrons. The Morgan fingerprint density at radius 1 is 0.966 bits per heavy atom. The van der Waals surface area contributed by atoms with Crippen molar-refractivity contribution in [2.75, 3.05) is 18.0 Å². The standard InChI is InChI=1S/C19H18F2N4O4/c20-11-5-10-14(15(21)16(11)24-8-1-2-9(24)7-22-6-8)19(29)25(18(10)28)12-3-4-13(26)23-17(12)27/h5,8-9,12,22H,1-4,6-7H2,(H,23,26,27). The Morgan fingerprint density at radius 3 is 2.31 bits per heavy atom. The van der Waals surface area contributed by atoms with E-state index >= 15 is 4.39 Å². The molecule has 10 heteroatoms. The Labute approximate surface area is 164 Å². The molecular weight excluding hydrogens is 386 g/mol. The van der Waals surface area contributed by atoms with Crippen LogP contribution in [-0.4, -0.2) is 59.7 Å². The third kappa shape index (κ3) is 2.51. The second kappa shape index (κ2) is 6.31. The van der Waals surface area contributed by atoms with E-state index in [0.717, 1.165) is 18.9 Å². The first-order chi connectivity index (χ1) is 13.9. The molecule has 0 aromatic heterocycles. The van der Waals surface area contributed by atoms with E-state index in [1.807, 2.05) is 0 Å². The first-order valence-corrected chi connectivity index (χ1v) is 9.61. The number of piperazine rings is 1. The number of piperidine rings is 1. The summed E-state index contributed by atoms with van der Waals surface area (Å²) in [6, 6.07) is -0.508. The van der Waals surface area contributed by atoms with Gasteiger partial charge in [0.05, 0.1) is 11.1 Å². The predicted octanol–water partition coefficient (Wildman–Crippen LogP) is 0.307. The molecule has 0 spiro atoms. The lowest BCUT2D eigenvalue weighted by Gasteiger charge is -2.37. The second-order valence-corrected chi connectivity index (χ2v) is 7.84. The molecule has 1 aromatic carbocycles. The third-order valence-electron chi connectivity index (χ3n) is 6.24. The fourth-order valence-corrected chi connectivity index (χ4v) is 4.92. The van der Waals surface area contributed by atoms with E-state index in [1.165, 1.54) is 0 Å². The SMILES string of the molecule is O=C1CCC(N2C(=O)c3cc(F)c(N4C5CCC4CNC5)c(F)c3C2=O)C(=O)N1. The average molecular weight is 404 g/mol. The lowest BCUT2D eigenvalue weighted by molar-refractivity contribution is -0.136. The molecule has 29 heavy (non-hydrogen) atoms. The van der Waals surface area contributed by atoms with Crippen LogP contribution in [0.15, 0.2) is 6.07 Å². The molecule has 8 nitrogen and oxygen atoms in total. The van der Waals surface area contributed by atoms with E-state index in [4.69, 9.17) is 0 Å². The molecule has 2 bridgehead atoms. The first-order valence-electron chi connectivity index (χ1n) is 9.61. The smallest absolute Gasteiger partial charge is 0.265 e. The number of anilines is 1. The van der Waals surface area contributed by atoms with Crippen molar-refractivity contribution in [3.8, 4) is 0 Å². The van der Waals surface area contributed by atoms with Crippen molar-refractivity contribution in [2.24, 2.45) is 0 Å². The maximum Gasteiger partial charge on any atom is 0.265 e. The Hall–Kier alpha value is -2.88. The van der Waals surface area contributed by atoms with Crippen LogP contribution in [0.3, 0.4) is 0 Å². The van der Waals surface area contributed by atoms with E-state index < -0.39 is 46.9 Å². The monoisotopic (exact) mass is 404 g/mol. The molecule has 0 aliphatic carbocycles. The lowest BCUT2D eigenvalue weighted by atomic mass is 10.0. The molecule has 3 unspecified atom stereocenters. The Balaban J connectivity index is 1.56. The number of carbonyl (C=O) groups is 4. The number of hydrogen-bond acceptors (Lipinski definition) is 6. The summed E-state index contributed by atoms with van der Waals surface area (Å²) in [7, 11) is 0. The van der Waals surface area contributed by atoms with E-state index in [0.29, 0.717) is 18.0 Å². The Bertz CT molecular complexity index is 965. The van der Waals surface area contributed by atoms with Gasteiger partial charge in [-0.3, -0.25) is 29.4 Å². The summed E-state index contributed by atoms with van der Waals surface area (Å²) in [5, 5.41) is 5.30. The van der Waals surface area contributed by atoms with Crippen LogP contribution in [0.2, 0.25) is 0 Å². The highest BCUT2D eigenvalue weighted by atomic mass is 19.1. The molecule has 1 aromatic rings. The van der Waals surface area contributed by atoms with E-state index in [-0.39, 0.29) is 36.2 Å². The van der Waals surface area contributed by atoms with Crippen molar-refractivity contribution in [2.45, 2.75) is 43.8 Å². The van der Waals surface area contributed by atoms with Crippen LogP contribution < -0.4 is 15.5 Å². The maximum absolute atomic E-state index is 15.5. The van der Waals surface area contributed by atoms with Gasteiger partial charge in [0.1, 0.15) is 17.5 Å². The quantitative estimate of drug-likeness (QED) is 0.689. The highest BCUT2D eigenvalue weighted by Crippen LogP contribution is 2.40. The van der Waals surface area contributed by atoms with Crippen LogP contribution >= 0.6 is 0 Å². The topological polar surface area (TPSA) is 98.8 Å². The minimum atomic E-state index is -1.22. The van der Waals surface area contributed by atoms with Crippen molar-refractivity contribution >= 4 is 29.3 Å². The van der Waals surface area contributed by atoms with Gasteiger partial charge in [-0.1, -0.05) is 0 Å². The molecule has 0 saturated carbocycles. The summed E-state index contributed by atoms with van der Waals surface area (Å²) in [6.45, 7) is 1.17. The second-order valence-electron chi connectivity index (χ2n) is 7.84. The molecule has 4 aliphatic rings. The van der Waals surface area contributed by atoms with Gasteiger partial charge in [0.15, 0.2) is 5.82 Å². The number of nitrogens with zero attached hydrogens (tertiary/aromatic N) is 2. The number of fused-ring (bicyclic) bond motifs is 3. The molecule has 3 fully saturated rings. The van der Waals surface area contributed by atoms with Crippen molar-refractivity contribution in [1.29, 1.82) is 0 Å². The summed E-state index contributed by atoms with van der Waals surface area (Å²) < 4.78 is 30.4. The normalized spacial score (nSPS) is 28.8. The number of halogens is 2. The zero-order valence-electron chi connectivity index (χ0n) is 15.3. The summed E-state index contributed by atoms with van der Waals surface area (Å²) in [6.07, 6.45) is 1.47. The third-order valence-corrected chi connectivity index (χ3v) is 6.24. The zero-order chi connectivity index (χ0) is 20.4. The van der Waals surface area contributed by atoms with Crippen molar-refractivity contribution in [3.63, 3.8) is 0 Å². The molecule has 4 aliphatic heterocycles. The highest BCUT2D eigenvalue weighted by Gasteiger charge is 2.48. The van der Waals surface area contributed by atoms with Gasteiger partial charge in [-0.2, -0.15) is 0 Å². The lowest BCUT2D eigenvalue weighted by Crippen LogP contribution is -2.54. The van der Waals surface area contributed by atoms with Crippen molar-refractivity contribution in [3.05, 3.63) is 28.8 Å². The summed E-state index contributed by atoms with van der Waals surface area (Å²) >= 11 is 0. The van der Waals surface area contributed by atoms with Crippen LogP contribution in [0.1, 0.15) is 46.4 Å². The molecule has 3 atom stereocenters. The highest BCUT2D eigenvalue weighted by molar-refractivity contribution is 6.24. The number of nitrogens with one attached hydrogen (secondary N) is 2. The first kappa shape index (κ1) is 18.2. The number of benzene rings is 1. The average Bonchev–Trinajstić information content (AvgIpc) is 3.04. The van der Waals surface area contributed by atoms with Crippen molar-refractivity contribution in [1.82, 2.24) is 15.5 Å². The Kier molecular flexibility index (Phi) is 3.95. The molecule has 5 rings (SSSR count). The fraction of sp³-hybridized carbons (Fsp3) is 0.474. The van der Waals surface area contributed by atoms with Gasteiger partial charge < -0.3 is 10.2 Å². The van der Waals surface area contributed by atoms with Crippen LogP contribution in [0.25, 0.3) is 0 Å². The number of imide groups is 2. The van der Waals surface area contributed by atoms with Gasteiger partial charge >= 0.3 is 0 Å². The molecule has 4 amide bonds. The molecule has 152 valence electrons. The van der Waals surface area contributed by atoms with Gasteiger partial charge in [0.25, 0.3) is 11.8 Å². The predicted molar refractivity (Wildman–Crippen MR) is 95.2 cm³/mol. The van der Waals surface area contributed by atoms with Crippen LogP contribution in [0.5, 0.6) is 0 Å². The number of amides is 4. The largest absolute Gasteiger partial charge is 0.358 e. The van der Waals surface area contributed by atoms with Gasteiger partial charge in [0, 0.05) is 31.6 Å². The van der Waals surface area contributed by atoms with Crippen LogP contribution in [-0.2, 0) is 9.59 Å². The molecule has 4 heterocycles. The van der Waals surface area contributed by atoms with E-state index in [2.05, 4.69) is 10.6 Å². The van der Waals surface area contributed by atoms with Crippen molar-refractivity contribution < 1.29 is 28.0 Å². The summed E-state index contributed by atoms with van der Waals surface area (Å²) in [4.78, 5) is 51.5. The van der Waals surface area contributed by atoms with Crippen LogP contribution in [0.4, 0.5) is 14.5 Å². The van der Waals surface area contributed by atoms with Gasteiger partial charge in [-0.15, -0.1) is 0 Å². The molecular formula is C19H18F2N4O4. The van der Waals surface area contributed by atoms with E-state index in [9.17, 15) is 23.6 Å². The van der Waals surface area contributed by atoms with Crippen LogP contribution in [0, 0.1) is 11.6 Å². The molecule has 3 saturated heterocycles. The van der Waals surface area contributed by atoms with Gasteiger partial charge in [-0.05, 0) is 25.3 Å². The number of rotatable bonds is 2. The number of hydrogen-bond donors (Lipinski definition) is 2.